The number of halogens is 1. The Morgan fingerprint density at radius 2 is 1.84 bits per heavy atom. The number of carbonyl (C=O) groups excluding carboxylic acids is 1. The Morgan fingerprint density at radius 1 is 1.16 bits per heavy atom. The number of amides is 1. The molecule has 134 valence electrons. The van der Waals surface area contributed by atoms with E-state index >= 15 is 0 Å². The molecule has 0 saturated carbocycles. The van der Waals surface area contributed by atoms with Crippen molar-refractivity contribution in [2.24, 2.45) is 0 Å². The molecule has 1 amide bonds. The normalized spacial score (nSPS) is 19.8. The zero-order chi connectivity index (χ0) is 16.9. The Bertz CT molecular complexity index is 693. The monoisotopic (exact) mass is 360 g/mol. The van der Waals surface area contributed by atoms with E-state index in [4.69, 9.17) is 4.74 Å². The topological polar surface area (TPSA) is 41.6 Å². The summed E-state index contributed by atoms with van der Waals surface area (Å²) in [4.78, 5) is 14.5. The number of morpholine rings is 1. The molecule has 3 rings (SSSR count). The molecule has 25 heavy (non-hydrogen) atoms. The fourth-order valence-corrected chi connectivity index (χ4v) is 3.14. The molecule has 1 saturated heterocycles. The number of hydrogen-bond acceptors (Lipinski definition) is 3. The molecule has 0 aliphatic carbocycles. The second-order valence-electron chi connectivity index (χ2n) is 6.23. The van der Waals surface area contributed by atoms with E-state index in [0.717, 1.165) is 12.1 Å². The van der Waals surface area contributed by atoms with Crippen LogP contribution in [0.1, 0.15) is 12.5 Å². The molecular formula is C20H25ClN2O2. The predicted octanol–water partition coefficient (Wildman–Crippen LogP) is 3.11. The van der Waals surface area contributed by atoms with Gasteiger partial charge in [-0.3, -0.25) is 4.79 Å². The van der Waals surface area contributed by atoms with Gasteiger partial charge in [0.15, 0.2) is 0 Å². The molecule has 0 spiro atoms. The summed E-state index contributed by atoms with van der Waals surface area (Å²) in [5, 5.41) is 3.27. The third kappa shape index (κ3) is 4.60. The van der Waals surface area contributed by atoms with Crippen LogP contribution in [-0.2, 0) is 16.1 Å². The van der Waals surface area contributed by atoms with Crippen LogP contribution in [-0.4, -0.2) is 43.2 Å². The molecule has 2 aromatic carbocycles. The quantitative estimate of drug-likeness (QED) is 0.910. The molecule has 5 heteroatoms. The van der Waals surface area contributed by atoms with E-state index in [1.165, 1.54) is 11.1 Å². The summed E-state index contributed by atoms with van der Waals surface area (Å²) in [5.41, 5.74) is 3.48. The van der Waals surface area contributed by atoms with Crippen molar-refractivity contribution in [3.05, 3.63) is 60.2 Å². The van der Waals surface area contributed by atoms with Crippen molar-refractivity contribution in [2.45, 2.75) is 25.6 Å². The van der Waals surface area contributed by atoms with Gasteiger partial charge in [-0.25, -0.2) is 0 Å². The molecule has 4 nitrogen and oxygen atoms in total. The number of hydrogen-bond donors (Lipinski definition) is 1. The standard InChI is InChI=1S/C20H24N2O2.ClH/c1-15-19(21-12-13-24-15)20(23)22(2)14-17-10-6-7-11-18(17)16-8-4-3-5-9-16;/h3-11,15,19,21H,12-14H2,1-2H3;1H/t15-,19+;/m1./s1. The van der Waals surface area contributed by atoms with E-state index in [1.807, 2.05) is 44.3 Å². The second kappa shape index (κ2) is 8.99. The van der Waals surface area contributed by atoms with Crippen LogP contribution in [0.3, 0.4) is 0 Å². The van der Waals surface area contributed by atoms with E-state index in [9.17, 15) is 4.79 Å². The van der Waals surface area contributed by atoms with Gasteiger partial charge in [0.2, 0.25) is 5.91 Å². The lowest BCUT2D eigenvalue weighted by Gasteiger charge is -2.32. The molecular weight excluding hydrogens is 336 g/mol. The Labute approximate surface area is 155 Å². The minimum absolute atomic E-state index is 0. The van der Waals surface area contributed by atoms with E-state index in [1.54, 1.807) is 4.90 Å². The van der Waals surface area contributed by atoms with Gasteiger partial charge in [-0.1, -0.05) is 54.6 Å². The minimum atomic E-state index is -0.271. The van der Waals surface area contributed by atoms with Crippen LogP contribution in [0, 0.1) is 0 Å². The van der Waals surface area contributed by atoms with Gasteiger partial charge in [0, 0.05) is 20.1 Å². The summed E-state index contributed by atoms with van der Waals surface area (Å²) in [7, 11) is 1.85. The fourth-order valence-electron chi connectivity index (χ4n) is 3.14. The molecule has 0 aromatic heterocycles. The van der Waals surface area contributed by atoms with Gasteiger partial charge < -0.3 is 15.0 Å². The molecule has 1 fully saturated rings. The summed E-state index contributed by atoms with van der Waals surface area (Å²) in [6.45, 7) is 3.90. The SMILES string of the molecule is C[C@H]1OCCN[C@@H]1C(=O)N(C)Cc1ccccc1-c1ccccc1.Cl. The van der Waals surface area contributed by atoms with Crippen molar-refractivity contribution < 1.29 is 9.53 Å². The van der Waals surface area contributed by atoms with Crippen LogP contribution in [0.15, 0.2) is 54.6 Å². The van der Waals surface area contributed by atoms with Crippen molar-refractivity contribution >= 4 is 18.3 Å². The third-order valence-corrected chi connectivity index (χ3v) is 4.47. The zero-order valence-corrected chi connectivity index (χ0v) is 15.5. The molecule has 0 bridgehead atoms. The molecule has 2 aromatic rings. The Morgan fingerprint density at radius 3 is 2.56 bits per heavy atom. The van der Waals surface area contributed by atoms with Crippen molar-refractivity contribution in [1.82, 2.24) is 10.2 Å². The Kier molecular flexibility index (Phi) is 7.00. The number of ether oxygens (including phenoxy) is 1. The van der Waals surface area contributed by atoms with Gasteiger partial charge in [-0.05, 0) is 23.6 Å². The summed E-state index contributed by atoms with van der Waals surface area (Å²) in [5.74, 6) is 0.0741. The van der Waals surface area contributed by atoms with Crippen LogP contribution in [0.4, 0.5) is 0 Å². The van der Waals surface area contributed by atoms with Crippen molar-refractivity contribution in [3.8, 4) is 11.1 Å². The van der Waals surface area contributed by atoms with E-state index in [2.05, 4.69) is 29.6 Å². The summed E-state index contributed by atoms with van der Waals surface area (Å²) in [6.07, 6.45) is -0.0990. The van der Waals surface area contributed by atoms with Gasteiger partial charge in [0.25, 0.3) is 0 Å². The molecule has 1 heterocycles. The largest absolute Gasteiger partial charge is 0.375 e. The van der Waals surface area contributed by atoms with Gasteiger partial charge >= 0.3 is 0 Å². The minimum Gasteiger partial charge on any atom is -0.375 e. The van der Waals surface area contributed by atoms with Crippen LogP contribution in [0.5, 0.6) is 0 Å². The van der Waals surface area contributed by atoms with Gasteiger partial charge in [0.05, 0.1) is 12.7 Å². The van der Waals surface area contributed by atoms with Crippen molar-refractivity contribution in [1.29, 1.82) is 0 Å². The van der Waals surface area contributed by atoms with Crippen LogP contribution in [0.25, 0.3) is 11.1 Å². The van der Waals surface area contributed by atoms with Crippen LogP contribution < -0.4 is 5.32 Å². The highest BCUT2D eigenvalue weighted by molar-refractivity contribution is 5.85. The maximum Gasteiger partial charge on any atom is 0.242 e. The molecule has 1 N–H and O–H groups in total. The van der Waals surface area contributed by atoms with Crippen LogP contribution >= 0.6 is 12.4 Å². The highest BCUT2D eigenvalue weighted by atomic mass is 35.5. The van der Waals surface area contributed by atoms with E-state index in [-0.39, 0.29) is 30.5 Å². The second-order valence-corrected chi connectivity index (χ2v) is 6.23. The Balaban J connectivity index is 0.00000225. The fraction of sp³-hybridized carbons (Fsp3) is 0.350. The number of likely N-dealkylation sites (N-methyl/N-ethyl adjacent to an activating group) is 1. The predicted molar refractivity (Wildman–Crippen MR) is 103 cm³/mol. The summed E-state index contributed by atoms with van der Waals surface area (Å²) < 4.78 is 5.59. The molecule has 1 aliphatic rings. The smallest absolute Gasteiger partial charge is 0.242 e. The third-order valence-electron chi connectivity index (χ3n) is 4.47. The lowest BCUT2D eigenvalue weighted by molar-refractivity contribution is -0.138. The number of benzene rings is 2. The highest BCUT2D eigenvalue weighted by Gasteiger charge is 2.30. The Hall–Kier alpha value is -1.88. The number of rotatable bonds is 4. The first kappa shape index (κ1) is 19.4. The zero-order valence-electron chi connectivity index (χ0n) is 14.6. The van der Waals surface area contributed by atoms with E-state index in [0.29, 0.717) is 13.2 Å². The number of carbonyl (C=O) groups is 1. The van der Waals surface area contributed by atoms with Gasteiger partial charge in [0.1, 0.15) is 6.04 Å². The number of nitrogens with zero attached hydrogens (tertiary/aromatic N) is 1. The molecule has 2 atom stereocenters. The lowest BCUT2D eigenvalue weighted by atomic mass is 9.99. The molecule has 0 radical (unpaired) electrons. The first-order chi connectivity index (χ1) is 11.7. The average molecular weight is 361 g/mol. The average Bonchev–Trinajstić information content (AvgIpc) is 2.63. The molecule has 0 unspecified atom stereocenters. The maximum absolute atomic E-state index is 12.7. The lowest BCUT2D eigenvalue weighted by Crippen LogP contribution is -2.55. The van der Waals surface area contributed by atoms with Gasteiger partial charge in [-0.15, -0.1) is 12.4 Å². The van der Waals surface area contributed by atoms with Crippen LogP contribution in [0.2, 0.25) is 0 Å². The molecule has 1 aliphatic heterocycles. The maximum atomic E-state index is 12.7. The first-order valence-electron chi connectivity index (χ1n) is 8.40. The summed E-state index contributed by atoms with van der Waals surface area (Å²) >= 11 is 0. The summed E-state index contributed by atoms with van der Waals surface area (Å²) in [6, 6.07) is 18.2. The first-order valence-corrected chi connectivity index (χ1v) is 8.40. The van der Waals surface area contributed by atoms with Gasteiger partial charge in [-0.2, -0.15) is 0 Å². The van der Waals surface area contributed by atoms with E-state index < -0.39 is 0 Å². The highest BCUT2D eigenvalue weighted by Crippen LogP contribution is 2.24. The number of nitrogens with one attached hydrogen (secondary N) is 1. The van der Waals surface area contributed by atoms with Crippen molar-refractivity contribution in [2.75, 3.05) is 20.2 Å². The van der Waals surface area contributed by atoms with Crippen molar-refractivity contribution in [3.63, 3.8) is 0 Å².